The Morgan fingerprint density at radius 3 is 2.20 bits per heavy atom. The fourth-order valence-electron chi connectivity index (χ4n) is 5.34. The van der Waals surface area contributed by atoms with Gasteiger partial charge in [-0.15, -0.1) is 11.8 Å². The molecule has 1 aliphatic heterocycles. The van der Waals surface area contributed by atoms with Crippen LogP contribution in [-0.4, -0.2) is 66.3 Å². The third kappa shape index (κ3) is 12.5. The summed E-state index contributed by atoms with van der Waals surface area (Å²) in [5.41, 5.74) is 0.608. The van der Waals surface area contributed by atoms with Crippen LogP contribution in [0.3, 0.4) is 0 Å². The lowest BCUT2D eigenvalue weighted by molar-refractivity contribution is -0.177. The van der Waals surface area contributed by atoms with Crippen molar-refractivity contribution in [2.24, 2.45) is 17.8 Å². The van der Waals surface area contributed by atoms with Gasteiger partial charge < -0.3 is 18.9 Å². The Bertz CT molecular complexity index is 1230. The van der Waals surface area contributed by atoms with Crippen molar-refractivity contribution < 1.29 is 47.8 Å². The summed E-state index contributed by atoms with van der Waals surface area (Å²) in [6.07, 6.45) is 6.07. The molecule has 0 bridgehead atoms. The summed E-state index contributed by atoms with van der Waals surface area (Å²) in [6.45, 7) is 1.68. The Balaban J connectivity index is 0.914. The third-order valence-electron chi connectivity index (χ3n) is 7.88. The van der Waals surface area contributed by atoms with Gasteiger partial charge in [0.15, 0.2) is 0 Å². The van der Waals surface area contributed by atoms with Gasteiger partial charge in [-0.1, -0.05) is 38.8 Å². The highest BCUT2D eigenvalue weighted by Gasteiger charge is 2.49. The first-order valence-corrected chi connectivity index (χ1v) is 18.3. The number of carbonyl (C=O) groups excluding carboxylic acids is 5. The van der Waals surface area contributed by atoms with Gasteiger partial charge in [0.05, 0.1) is 13.2 Å². The minimum absolute atomic E-state index is 0.00161. The molecular weight excluding hydrogens is 634 g/mol. The summed E-state index contributed by atoms with van der Waals surface area (Å²) < 4.78 is 21.5. The summed E-state index contributed by atoms with van der Waals surface area (Å²) in [7, 11) is 3.38. The standard InChI is InChI=1S/C33H41NO10S2/c35-29-16-17-30(36)34(29)44-33(39)42-22-24-12-14-25(15-13-24)43-32(38)11-7-20-45-46-21-19-40-18-6-5-10-31(37)41-23-28-26-8-3-1-2-4-9-27(26)28/h12-15,26-28H,3-11,16-23H2. The van der Waals surface area contributed by atoms with E-state index in [9.17, 15) is 24.0 Å². The average molecular weight is 676 g/mol. The van der Waals surface area contributed by atoms with Gasteiger partial charge in [-0.2, -0.15) is 0 Å². The zero-order chi connectivity index (χ0) is 32.6. The fourth-order valence-corrected chi connectivity index (χ4v) is 7.29. The number of fused-ring (bicyclic) bond motifs is 1. The van der Waals surface area contributed by atoms with Crippen LogP contribution in [0.5, 0.6) is 5.75 Å². The molecule has 46 heavy (non-hydrogen) atoms. The first-order valence-electron chi connectivity index (χ1n) is 15.8. The molecule has 2 amide bonds. The third-order valence-corrected chi connectivity index (χ3v) is 10.3. The molecule has 1 saturated heterocycles. The Morgan fingerprint density at radius 2 is 1.48 bits per heavy atom. The molecule has 1 saturated carbocycles. The number of imide groups is 1. The number of nitrogens with zero attached hydrogens (tertiary/aromatic N) is 1. The number of carbonyl (C=O) groups is 5. The predicted octanol–water partition coefficient (Wildman–Crippen LogP) is 5.64. The van der Waals surface area contributed by atoms with Gasteiger partial charge in [0.1, 0.15) is 12.4 Å². The van der Waals surface area contributed by atoms with E-state index >= 15 is 0 Å². The van der Waals surface area contributed by atoms with E-state index in [2.05, 4.69) is 16.7 Å². The van der Waals surface area contributed by atoms with E-state index in [4.69, 9.17) is 18.9 Å². The van der Waals surface area contributed by atoms with Crippen LogP contribution in [0.25, 0.3) is 0 Å². The van der Waals surface area contributed by atoms with Gasteiger partial charge in [-0.25, -0.2) is 4.79 Å². The number of ether oxygens (including phenoxy) is 4. The number of hydroxylamine groups is 2. The fraction of sp³-hybridized carbons (Fsp3) is 0.606. The van der Waals surface area contributed by atoms with Gasteiger partial charge in [-0.3, -0.25) is 24.0 Å². The number of hydrogen-bond acceptors (Lipinski definition) is 12. The molecule has 250 valence electrons. The van der Waals surface area contributed by atoms with Crippen molar-refractivity contribution in [3.8, 4) is 17.6 Å². The Morgan fingerprint density at radius 1 is 0.804 bits per heavy atom. The van der Waals surface area contributed by atoms with Crippen LogP contribution in [0.4, 0.5) is 4.79 Å². The van der Waals surface area contributed by atoms with E-state index < -0.39 is 18.0 Å². The van der Waals surface area contributed by atoms with Crippen LogP contribution in [0.15, 0.2) is 24.3 Å². The number of rotatable bonds is 19. The quantitative estimate of drug-likeness (QED) is 0.0449. The lowest BCUT2D eigenvalue weighted by Gasteiger charge is -2.12. The Labute approximate surface area is 277 Å². The van der Waals surface area contributed by atoms with Crippen LogP contribution < -0.4 is 4.74 Å². The molecule has 3 aliphatic rings. The van der Waals surface area contributed by atoms with E-state index in [1.165, 1.54) is 0 Å². The number of amides is 2. The van der Waals surface area contributed by atoms with Crippen molar-refractivity contribution in [2.45, 2.75) is 77.2 Å². The molecule has 1 aromatic rings. The van der Waals surface area contributed by atoms with Crippen LogP contribution in [0.1, 0.15) is 76.2 Å². The molecule has 2 unspecified atom stereocenters. The SMILES string of the molecule is O=C(CCCCOCCSSCCCC(=O)Oc1ccc(COC(=O)ON2C(=O)CCC2=O)cc1)OCC1C2CCC#CCCC21. The van der Waals surface area contributed by atoms with Gasteiger partial charge in [0, 0.05) is 56.6 Å². The van der Waals surface area contributed by atoms with Crippen molar-refractivity contribution in [2.75, 3.05) is 31.3 Å². The largest absolute Gasteiger partial charge is 0.534 e. The van der Waals surface area contributed by atoms with E-state index in [1.54, 1.807) is 45.9 Å². The molecule has 0 aromatic heterocycles. The van der Waals surface area contributed by atoms with Crippen LogP contribution in [0, 0.1) is 29.6 Å². The monoisotopic (exact) mass is 675 g/mol. The molecule has 13 heteroatoms. The average Bonchev–Trinajstić information content (AvgIpc) is 3.58. The van der Waals surface area contributed by atoms with Gasteiger partial charge in [0.2, 0.25) is 0 Å². The van der Waals surface area contributed by atoms with E-state index in [1.807, 2.05) is 0 Å². The smallest absolute Gasteiger partial charge is 0.465 e. The van der Waals surface area contributed by atoms with Crippen molar-refractivity contribution >= 4 is 51.5 Å². The predicted molar refractivity (Wildman–Crippen MR) is 171 cm³/mol. The number of esters is 2. The van der Waals surface area contributed by atoms with Crippen LogP contribution in [0.2, 0.25) is 0 Å². The second kappa shape index (κ2) is 19.5. The molecular formula is C33H41NO10S2. The highest BCUT2D eigenvalue weighted by molar-refractivity contribution is 8.76. The van der Waals surface area contributed by atoms with Gasteiger partial charge in [0.25, 0.3) is 11.8 Å². The molecule has 1 aromatic carbocycles. The maximum Gasteiger partial charge on any atom is 0.534 e. The summed E-state index contributed by atoms with van der Waals surface area (Å²) in [5.74, 6) is 8.74. The maximum atomic E-state index is 12.1. The van der Waals surface area contributed by atoms with E-state index in [-0.39, 0.29) is 37.8 Å². The summed E-state index contributed by atoms with van der Waals surface area (Å²) in [4.78, 5) is 63.5. The molecule has 2 atom stereocenters. The molecule has 2 fully saturated rings. The minimum Gasteiger partial charge on any atom is -0.465 e. The second-order valence-corrected chi connectivity index (χ2v) is 14.0. The molecule has 1 heterocycles. The lowest BCUT2D eigenvalue weighted by atomic mass is 10.1. The number of benzene rings is 1. The van der Waals surface area contributed by atoms with Gasteiger partial charge in [-0.05, 0) is 67.6 Å². The van der Waals surface area contributed by atoms with Gasteiger partial charge >= 0.3 is 18.1 Å². The van der Waals surface area contributed by atoms with Crippen molar-refractivity contribution in [1.29, 1.82) is 0 Å². The van der Waals surface area contributed by atoms with Crippen molar-refractivity contribution in [1.82, 2.24) is 5.06 Å². The van der Waals surface area contributed by atoms with Crippen molar-refractivity contribution in [3.05, 3.63) is 29.8 Å². The minimum atomic E-state index is -1.16. The molecule has 2 aliphatic carbocycles. The summed E-state index contributed by atoms with van der Waals surface area (Å²) >= 11 is 0. The zero-order valence-corrected chi connectivity index (χ0v) is 27.5. The summed E-state index contributed by atoms with van der Waals surface area (Å²) in [6, 6.07) is 6.43. The lowest BCUT2D eigenvalue weighted by Crippen LogP contribution is -2.32. The first kappa shape index (κ1) is 35.6. The first-order chi connectivity index (χ1) is 22.4. The molecule has 11 nitrogen and oxygen atoms in total. The zero-order valence-electron chi connectivity index (χ0n) is 25.9. The Kier molecular flexibility index (Phi) is 15.1. The summed E-state index contributed by atoms with van der Waals surface area (Å²) in [5, 5.41) is 0.418. The topological polar surface area (TPSA) is 135 Å². The Hall–Kier alpha value is -3.21. The molecule has 0 N–H and O–H groups in total. The van der Waals surface area contributed by atoms with Crippen LogP contribution in [-0.2, 0) is 44.8 Å². The van der Waals surface area contributed by atoms with Crippen molar-refractivity contribution in [3.63, 3.8) is 0 Å². The second-order valence-electron chi connectivity index (χ2n) is 11.3. The maximum absolute atomic E-state index is 12.1. The van der Waals surface area contributed by atoms with E-state index in [0.717, 1.165) is 50.0 Å². The van der Waals surface area contributed by atoms with E-state index in [0.29, 0.717) is 66.8 Å². The molecule has 4 rings (SSSR count). The number of hydrogen-bond donors (Lipinski definition) is 0. The molecule has 0 radical (unpaired) electrons. The van der Waals surface area contributed by atoms with Crippen LogP contribution >= 0.6 is 21.6 Å². The highest BCUT2D eigenvalue weighted by Crippen LogP contribution is 2.52. The number of unbranched alkanes of at least 4 members (excludes halogenated alkanes) is 1. The normalized spacial score (nSPS) is 20.1. The highest BCUT2D eigenvalue weighted by atomic mass is 33.1. The molecule has 0 spiro atoms.